The van der Waals surface area contributed by atoms with E-state index in [1.807, 2.05) is 11.8 Å². The van der Waals surface area contributed by atoms with Crippen LogP contribution in [0.15, 0.2) is 24.3 Å². The number of carbonyl (C=O) groups excluding carboxylic acids is 2. The number of carboxylic acids is 1. The monoisotopic (exact) mass is 390 g/mol. The number of amides is 2. The topological polar surface area (TPSA) is 95.9 Å². The number of benzene rings is 1. The molecule has 0 bridgehead atoms. The quantitative estimate of drug-likeness (QED) is 0.712. The standard InChI is InChI=1S/C21H30N2O5/c1-4-6-18(21(26)27)22-20(25)16-9-11-17(12-10-16)28-13-19(24)23-14(2)7-5-8-15(23)3/h9-12,14-15,18H,4-8,13H2,1-3H3,(H,22,25)(H,26,27). The largest absolute Gasteiger partial charge is 0.484 e. The van der Waals surface area contributed by atoms with Gasteiger partial charge < -0.3 is 20.1 Å². The van der Waals surface area contributed by atoms with Crippen LogP contribution in [0, 0.1) is 0 Å². The molecule has 2 rings (SSSR count). The van der Waals surface area contributed by atoms with Gasteiger partial charge in [-0.05, 0) is 63.8 Å². The maximum absolute atomic E-state index is 12.5. The van der Waals surface area contributed by atoms with Crippen molar-refractivity contribution in [2.45, 2.75) is 71.0 Å². The molecule has 3 unspecified atom stereocenters. The Hall–Kier alpha value is -2.57. The molecule has 2 amide bonds. The fraction of sp³-hybridized carbons (Fsp3) is 0.571. The average molecular weight is 390 g/mol. The maximum Gasteiger partial charge on any atom is 0.326 e. The van der Waals surface area contributed by atoms with Gasteiger partial charge in [-0.15, -0.1) is 0 Å². The van der Waals surface area contributed by atoms with Crippen LogP contribution in [0.25, 0.3) is 0 Å². The van der Waals surface area contributed by atoms with E-state index in [0.29, 0.717) is 24.2 Å². The van der Waals surface area contributed by atoms with Gasteiger partial charge in [0.05, 0.1) is 0 Å². The van der Waals surface area contributed by atoms with Crippen molar-refractivity contribution in [1.82, 2.24) is 10.2 Å². The number of rotatable bonds is 8. The van der Waals surface area contributed by atoms with Gasteiger partial charge in [0.1, 0.15) is 11.8 Å². The highest BCUT2D eigenvalue weighted by Gasteiger charge is 2.29. The van der Waals surface area contributed by atoms with Crippen molar-refractivity contribution in [3.05, 3.63) is 29.8 Å². The van der Waals surface area contributed by atoms with Crippen LogP contribution in [-0.4, -0.2) is 52.5 Å². The number of ether oxygens (including phenoxy) is 1. The molecule has 7 heteroatoms. The van der Waals surface area contributed by atoms with Crippen molar-refractivity contribution in [3.63, 3.8) is 0 Å². The normalized spacial score (nSPS) is 20.3. The lowest BCUT2D eigenvalue weighted by atomic mass is 9.97. The fourth-order valence-electron chi connectivity index (χ4n) is 3.62. The third kappa shape index (κ3) is 5.71. The van der Waals surface area contributed by atoms with E-state index in [0.717, 1.165) is 19.3 Å². The lowest BCUT2D eigenvalue weighted by Gasteiger charge is -2.38. The number of likely N-dealkylation sites (tertiary alicyclic amines) is 1. The highest BCUT2D eigenvalue weighted by Crippen LogP contribution is 2.23. The molecule has 0 aromatic heterocycles. The molecule has 1 aromatic carbocycles. The summed E-state index contributed by atoms with van der Waals surface area (Å²) in [6.07, 6.45) is 4.19. The van der Waals surface area contributed by atoms with Gasteiger partial charge in [-0.2, -0.15) is 0 Å². The van der Waals surface area contributed by atoms with Gasteiger partial charge in [0, 0.05) is 17.6 Å². The van der Waals surface area contributed by atoms with Gasteiger partial charge in [0.25, 0.3) is 11.8 Å². The van der Waals surface area contributed by atoms with Gasteiger partial charge in [-0.3, -0.25) is 9.59 Å². The molecule has 7 nitrogen and oxygen atoms in total. The molecule has 3 atom stereocenters. The van der Waals surface area contributed by atoms with Gasteiger partial charge >= 0.3 is 5.97 Å². The summed E-state index contributed by atoms with van der Waals surface area (Å²) in [5.74, 6) is -1.04. The summed E-state index contributed by atoms with van der Waals surface area (Å²) in [7, 11) is 0. The zero-order valence-electron chi connectivity index (χ0n) is 16.8. The highest BCUT2D eigenvalue weighted by atomic mass is 16.5. The molecule has 1 saturated heterocycles. The smallest absolute Gasteiger partial charge is 0.326 e. The fourth-order valence-corrected chi connectivity index (χ4v) is 3.62. The first-order valence-corrected chi connectivity index (χ1v) is 9.91. The first kappa shape index (κ1) is 21.7. The molecule has 1 aromatic rings. The first-order valence-electron chi connectivity index (χ1n) is 9.91. The molecule has 1 aliphatic rings. The van der Waals surface area contributed by atoms with E-state index in [4.69, 9.17) is 9.84 Å². The van der Waals surface area contributed by atoms with Crippen molar-refractivity contribution in [2.75, 3.05) is 6.61 Å². The van der Waals surface area contributed by atoms with Crippen molar-refractivity contribution in [2.24, 2.45) is 0 Å². The Morgan fingerprint density at radius 3 is 2.32 bits per heavy atom. The number of piperidine rings is 1. The average Bonchev–Trinajstić information content (AvgIpc) is 2.66. The number of hydrogen-bond donors (Lipinski definition) is 2. The molecule has 1 fully saturated rings. The van der Waals surface area contributed by atoms with Crippen LogP contribution in [0.3, 0.4) is 0 Å². The molecule has 0 spiro atoms. The van der Waals surface area contributed by atoms with Crippen molar-refractivity contribution in [3.8, 4) is 5.75 Å². The Balaban J connectivity index is 1.90. The second kappa shape index (κ2) is 10.1. The van der Waals surface area contributed by atoms with Crippen molar-refractivity contribution >= 4 is 17.8 Å². The third-order valence-corrected chi connectivity index (χ3v) is 5.14. The number of nitrogens with zero attached hydrogens (tertiary/aromatic N) is 1. The van der Waals surface area contributed by atoms with E-state index in [9.17, 15) is 14.4 Å². The second-order valence-electron chi connectivity index (χ2n) is 7.40. The molecular formula is C21H30N2O5. The van der Waals surface area contributed by atoms with Gasteiger partial charge in [0.15, 0.2) is 6.61 Å². The number of aliphatic carboxylic acids is 1. The van der Waals surface area contributed by atoms with Gasteiger partial charge in [0.2, 0.25) is 0 Å². The van der Waals surface area contributed by atoms with E-state index < -0.39 is 17.9 Å². The van der Waals surface area contributed by atoms with Crippen LogP contribution < -0.4 is 10.1 Å². The summed E-state index contributed by atoms with van der Waals surface area (Å²) >= 11 is 0. The minimum Gasteiger partial charge on any atom is -0.484 e. The van der Waals surface area contributed by atoms with E-state index >= 15 is 0 Å². The Labute approximate surface area is 166 Å². The zero-order chi connectivity index (χ0) is 20.7. The second-order valence-corrected chi connectivity index (χ2v) is 7.40. The lowest BCUT2D eigenvalue weighted by Crippen LogP contribution is -2.49. The van der Waals surface area contributed by atoms with Crippen LogP contribution in [0.2, 0.25) is 0 Å². The van der Waals surface area contributed by atoms with E-state index in [1.54, 1.807) is 24.3 Å². The SMILES string of the molecule is CCCC(NC(=O)c1ccc(OCC(=O)N2C(C)CCCC2C)cc1)C(=O)O. The number of nitrogens with one attached hydrogen (secondary N) is 1. The number of carbonyl (C=O) groups is 3. The van der Waals surface area contributed by atoms with Gasteiger partial charge in [-0.1, -0.05) is 13.3 Å². The van der Waals surface area contributed by atoms with Crippen molar-refractivity contribution < 1.29 is 24.2 Å². The predicted octanol–water partition coefficient (Wildman–Crippen LogP) is 2.84. The number of carboxylic acid groups (broad SMARTS) is 1. The minimum absolute atomic E-state index is 0.0367. The van der Waals surface area contributed by atoms with E-state index in [2.05, 4.69) is 19.2 Å². The molecule has 154 valence electrons. The summed E-state index contributed by atoms with van der Waals surface area (Å²) in [5.41, 5.74) is 0.347. The summed E-state index contributed by atoms with van der Waals surface area (Å²) in [5, 5.41) is 11.7. The molecule has 0 radical (unpaired) electrons. The minimum atomic E-state index is -1.05. The molecule has 28 heavy (non-hydrogen) atoms. The van der Waals surface area contributed by atoms with Gasteiger partial charge in [-0.25, -0.2) is 4.79 Å². The molecule has 2 N–H and O–H groups in total. The Morgan fingerprint density at radius 2 is 1.79 bits per heavy atom. The van der Waals surface area contributed by atoms with Crippen LogP contribution in [0.5, 0.6) is 5.75 Å². The Bertz CT molecular complexity index is 679. The highest BCUT2D eigenvalue weighted by molar-refractivity contribution is 5.96. The molecular weight excluding hydrogens is 360 g/mol. The summed E-state index contributed by atoms with van der Waals surface area (Å²) < 4.78 is 5.59. The Kier molecular flexibility index (Phi) is 7.84. The van der Waals surface area contributed by atoms with E-state index in [-0.39, 0.29) is 24.6 Å². The van der Waals surface area contributed by atoms with Crippen LogP contribution in [0.1, 0.15) is 63.2 Å². The number of hydrogen-bond acceptors (Lipinski definition) is 4. The predicted molar refractivity (Wildman–Crippen MR) is 105 cm³/mol. The van der Waals surface area contributed by atoms with Crippen LogP contribution in [-0.2, 0) is 9.59 Å². The summed E-state index contributed by atoms with van der Waals surface area (Å²) in [6, 6.07) is 5.88. The first-order chi connectivity index (χ1) is 13.3. The maximum atomic E-state index is 12.5. The van der Waals surface area contributed by atoms with E-state index in [1.165, 1.54) is 0 Å². The van der Waals surface area contributed by atoms with Crippen LogP contribution in [0.4, 0.5) is 0 Å². The zero-order valence-corrected chi connectivity index (χ0v) is 16.8. The summed E-state index contributed by atoms with van der Waals surface area (Å²) in [6.45, 7) is 5.94. The summed E-state index contributed by atoms with van der Waals surface area (Å²) in [4.78, 5) is 37.8. The Morgan fingerprint density at radius 1 is 1.18 bits per heavy atom. The molecule has 1 aliphatic heterocycles. The third-order valence-electron chi connectivity index (χ3n) is 5.14. The lowest BCUT2D eigenvalue weighted by molar-refractivity contribution is -0.140. The molecule has 0 saturated carbocycles. The van der Waals surface area contributed by atoms with Crippen molar-refractivity contribution in [1.29, 1.82) is 0 Å². The molecule has 0 aliphatic carbocycles. The molecule has 1 heterocycles. The van der Waals surface area contributed by atoms with Crippen LogP contribution >= 0.6 is 0 Å².